The molecule has 0 aromatic rings. The Bertz CT molecular complexity index is 680. The van der Waals surface area contributed by atoms with E-state index in [1.165, 1.54) is 38.5 Å². The minimum absolute atomic E-state index is 0.826. The topological polar surface area (TPSA) is 0 Å². The fourth-order valence-electron chi connectivity index (χ4n) is 7.22. The molecule has 0 amide bonds. The van der Waals surface area contributed by atoms with Crippen LogP contribution in [0.25, 0.3) is 0 Å². The summed E-state index contributed by atoms with van der Waals surface area (Å²) in [6.45, 7) is 9.95. The molecule has 0 N–H and O–H groups in total. The molecule has 1 fully saturated rings. The second-order valence-electron chi connectivity index (χ2n) is 9.92. The molecule has 1 heterocycles. The monoisotopic (exact) mass is 370 g/mol. The first-order valence-electron chi connectivity index (χ1n) is 10.8. The van der Waals surface area contributed by atoms with Crippen molar-refractivity contribution in [2.75, 3.05) is 0 Å². The fourth-order valence-corrected chi connectivity index (χ4v) is 18.1. The van der Waals surface area contributed by atoms with Gasteiger partial charge in [-0.1, -0.05) is 0 Å². The van der Waals surface area contributed by atoms with E-state index < -0.39 is 16.6 Å². The van der Waals surface area contributed by atoms with Crippen molar-refractivity contribution in [3.63, 3.8) is 0 Å². The van der Waals surface area contributed by atoms with Crippen LogP contribution in [-0.4, -0.2) is 0 Å². The van der Waals surface area contributed by atoms with Gasteiger partial charge in [0, 0.05) is 0 Å². The Labute approximate surface area is 157 Å². The standard InChI is InChI=1S/2C11H15.C2H4.Ti/c2*1-8-6-10-5-3-4-9(2)11(10)7-8;1-2;/h2*6-7,9H,3-5H2,1-2H3;1-2H2;. The van der Waals surface area contributed by atoms with Crippen LogP contribution in [0.4, 0.5) is 0 Å². The van der Waals surface area contributed by atoms with Gasteiger partial charge in [0.15, 0.2) is 0 Å². The Morgan fingerprint density at radius 3 is 1.60 bits per heavy atom. The molecule has 4 unspecified atom stereocenters. The van der Waals surface area contributed by atoms with Crippen molar-refractivity contribution in [2.24, 2.45) is 11.8 Å². The average Bonchev–Trinajstić information content (AvgIpc) is 3.15. The molecular weight excluding hydrogens is 336 g/mol. The molecule has 0 aromatic heterocycles. The Morgan fingerprint density at radius 1 is 0.760 bits per heavy atom. The predicted molar refractivity (Wildman–Crippen MR) is 105 cm³/mol. The third kappa shape index (κ3) is 2.36. The Kier molecular flexibility index (Phi) is 3.93. The van der Waals surface area contributed by atoms with Crippen LogP contribution in [0.3, 0.4) is 0 Å². The van der Waals surface area contributed by atoms with Gasteiger partial charge in [0.2, 0.25) is 0 Å². The second-order valence-corrected chi connectivity index (χ2v) is 17.1. The summed E-state index contributed by atoms with van der Waals surface area (Å²) >= 11 is -1.87. The second kappa shape index (κ2) is 5.83. The Balaban J connectivity index is 1.57. The van der Waals surface area contributed by atoms with E-state index in [2.05, 4.69) is 39.8 Å². The van der Waals surface area contributed by atoms with Crippen LogP contribution in [0.5, 0.6) is 0 Å². The van der Waals surface area contributed by atoms with Crippen LogP contribution >= 0.6 is 0 Å². The molecule has 0 nitrogen and oxygen atoms in total. The van der Waals surface area contributed by atoms with Crippen LogP contribution in [-0.2, 0) is 16.6 Å². The first kappa shape index (κ1) is 16.8. The van der Waals surface area contributed by atoms with Crippen molar-refractivity contribution in [1.82, 2.24) is 0 Å². The zero-order chi connectivity index (χ0) is 17.3. The fraction of sp³-hybridized carbons (Fsp3) is 0.667. The summed E-state index contributed by atoms with van der Waals surface area (Å²) in [7, 11) is 0. The van der Waals surface area contributed by atoms with Gasteiger partial charge in [-0.15, -0.1) is 0 Å². The van der Waals surface area contributed by atoms with Gasteiger partial charge in [0.25, 0.3) is 0 Å². The number of hydrogen-bond donors (Lipinski definition) is 0. The van der Waals surface area contributed by atoms with Crippen molar-refractivity contribution in [3.05, 3.63) is 45.6 Å². The van der Waals surface area contributed by atoms with Crippen molar-refractivity contribution >= 4 is 0 Å². The summed E-state index contributed by atoms with van der Waals surface area (Å²) in [5, 5.41) is 0. The number of allylic oxidation sites excluding steroid dienone is 8. The molecular formula is C24H34Ti. The van der Waals surface area contributed by atoms with Gasteiger partial charge in [-0.25, -0.2) is 0 Å². The first-order valence-corrected chi connectivity index (χ1v) is 14.9. The first-order chi connectivity index (χ1) is 12.0. The normalized spacial score (nSPS) is 39.2. The van der Waals surface area contributed by atoms with E-state index in [-0.39, 0.29) is 0 Å². The van der Waals surface area contributed by atoms with E-state index in [1.807, 2.05) is 11.1 Å². The molecule has 4 aliphatic carbocycles. The van der Waals surface area contributed by atoms with Crippen molar-refractivity contribution < 1.29 is 16.6 Å². The van der Waals surface area contributed by atoms with E-state index in [9.17, 15) is 0 Å². The zero-order valence-corrected chi connectivity index (χ0v) is 18.2. The molecule has 25 heavy (non-hydrogen) atoms. The molecule has 4 atom stereocenters. The van der Waals surface area contributed by atoms with Gasteiger partial charge in [-0.3, -0.25) is 0 Å². The third-order valence-electron chi connectivity index (χ3n) is 8.32. The molecule has 5 rings (SSSR count). The van der Waals surface area contributed by atoms with Crippen LogP contribution in [0.1, 0.15) is 66.2 Å². The molecule has 0 aromatic carbocycles. The van der Waals surface area contributed by atoms with Crippen molar-refractivity contribution in [1.29, 1.82) is 0 Å². The number of hydrogen-bond acceptors (Lipinski definition) is 0. The molecule has 0 bridgehead atoms. The molecule has 0 spiro atoms. The van der Waals surface area contributed by atoms with Crippen molar-refractivity contribution in [3.8, 4) is 0 Å². The minimum atomic E-state index is -1.87. The van der Waals surface area contributed by atoms with Crippen LogP contribution in [0.2, 0.25) is 17.9 Å². The Morgan fingerprint density at radius 2 is 1.20 bits per heavy atom. The maximum atomic E-state index is 2.65. The molecule has 0 radical (unpaired) electrons. The zero-order valence-electron chi connectivity index (χ0n) is 16.6. The van der Waals surface area contributed by atoms with Gasteiger partial charge in [0.1, 0.15) is 0 Å². The van der Waals surface area contributed by atoms with Crippen LogP contribution < -0.4 is 0 Å². The van der Waals surface area contributed by atoms with Crippen LogP contribution in [0, 0.1) is 11.8 Å². The summed E-state index contributed by atoms with van der Waals surface area (Å²) in [5.41, 5.74) is 11.0. The molecule has 0 saturated carbocycles. The summed E-state index contributed by atoms with van der Waals surface area (Å²) in [6, 6.07) is 0. The van der Waals surface area contributed by atoms with Gasteiger partial charge < -0.3 is 0 Å². The van der Waals surface area contributed by atoms with E-state index in [0.29, 0.717) is 0 Å². The molecule has 134 valence electrons. The maximum absolute atomic E-state index is 2.65. The summed E-state index contributed by atoms with van der Waals surface area (Å²) in [5.74, 6) is 1.65. The van der Waals surface area contributed by atoms with E-state index >= 15 is 0 Å². The third-order valence-corrected chi connectivity index (χ3v) is 17.0. The molecule has 1 heteroatoms. The predicted octanol–water partition coefficient (Wildman–Crippen LogP) is 7.72. The van der Waals surface area contributed by atoms with E-state index in [1.54, 1.807) is 31.7 Å². The van der Waals surface area contributed by atoms with Gasteiger partial charge >= 0.3 is 158 Å². The Hall–Kier alpha value is -0.326. The molecule has 1 saturated heterocycles. The van der Waals surface area contributed by atoms with Gasteiger partial charge in [0.05, 0.1) is 0 Å². The van der Waals surface area contributed by atoms with Gasteiger partial charge in [-0.2, -0.15) is 0 Å². The average molecular weight is 370 g/mol. The van der Waals surface area contributed by atoms with Crippen molar-refractivity contribution in [2.45, 2.75) is 84.1 Å². The summed E-state index contributed by atoms with van der Waals surface area (Å²) in [4.78, 5) is 0. The summed E-state index contributed by atoms with van der Waals surface area (Å²) in [6.07, 6.45) is 13.9. The molecule has 5 aliphatic rings. The van der Waals surface area contributed by atoms with Crippen LogP contribution in [0.15, 0.2) is 45.6 Å². The van der Waals surface area contributed by atoms with E-state index in [4.69, 9.17) is 0 Å². The van der Waals surface area contributed by atoms with E-state index in [0.717, 1.165) is 20.3 Å². The molecule has 1 aliphatic heterocycles. The quantitative estimate of drug-likeness (QED) is 0.436. The SMILES string of the molecule is CC1=CC2=C(CCCC2C)[CH]1[Ti]1([CH]2C(C)=CC3=C2CCCC3C)[CH2][CH2]1. The summed E-state index contributed by atoms with van der Waals surface area (Å²) < 4.78 is 5.19. The van der Waals surface area contributed by atoms with Gasteiger partial charge in [-0.05, 0) is 0 Å². The number of rotatable bonds is 2.